The Labute approximate surface area is 231 Å². The normalized spacial score (nSPS) is 15.9. The van der Waals surface area contributed by atoms with Crippen LogP contribution in [0.4, 0.5) is 0 Å². The van der Waals surface area contributed by atoms with E-state index in [0.717, 1.165) is 30.4 Å². The minimum absolute atomic E-state index is 0.0845. The van der Waals surface area contributed by atoms with Crippen LogP contribution in [0, 0.1) is 12.8 Å². The van der Waals surface area contributed by atoms with Gasteiger partial charge in [-0.15, -0.1) is 0 Å². The third-order valence-electron chi connectivity index (χ3n) is 7.10. The van der Waals surface area contributed by atoms with Crippen LogP contribution in [0.15, 0.2) is 59.5 Å². The average molecular weight is 558 g/mol. The first kappa shape index (κ1) is 30.3. The molecule has 1 fully saturated rings. The molecule has 1 saturated heterocycles. The molecule has 1 aliphatic heterocycles. The highest BCUT2D eigenvalue weighted by atomic mass is 32.2. The number of piperidine rings is 1. The maximum Gasteiger partial charge on any atom is 0.326 e. The van der Waals surface area contributed by atoms with Gasteiger partial charge in [0.05, 0.1) is 4.90 Å². The molecule has 2 aromatic carbocycles. The van der Waals surface area contributed by atoms with Gasteiger partial charge in [0.15, 0.2) is 0 Å². The number of likely N-dealkylation sites (tertiary alicyclic amines) is 1. The summed E-state index contributed by atoms with van der Waals surface area (Å²) in [4.78, 5) is 39.6. The topological polar surface area (TPSA) is 133 Å². The Morgan fingerprint density at radius 2 is 1.62 bits per heavy atom. The Morgan fingerprint density at radius 3 is 2.21 bits per heavy atom. The fourth-order valence-electron chi connectivity index (χ4n) is 4.73. The summed E-state index contributed by atoms with van der Waals surface area (Å²) in [6, 6.07) is 13.7. The van der Waals surface area contributed by atoms with Crippen molar-refractivity contribution in [2.24, 2.45) is 5.92 Å². The van der Waals surface area contributed by atoms with Crippen molar-refractivity contribution in [3.63, 3.8) is 0 Å². The molecule has 0 aliphatic carbocycles. The maximum atomic E-state index is 13.6. The standard InChI is InChI=1S/C29H39N3O6S/c1-3-4-6-11-25(29(35)36)30-27(33)23-16-18-32(19-17-23)28(34)26(20-22-9-7-5-8-10-22)31-39(37,38)24-14-12-21(2)13-15-24/h5,7-10,12-15,23,25-26,31H,3-4,6,11,16-20H2,1-2H3,(H,30,33)(H,35,36)/t25-,26+/m1/s1. The summed E-state index contributed by atoms with van der Waals surface area (Å²) in [6.45, 7) is 4.45. The number of rotatable bonds is 13. The highest BCUT2D eigenvalue weighted by molar-refractivity contribution is 7.89. The van der Waals surface area contributed by atoms with Gasteiger partial charge < -0.3 is 15.3 Å². The molecular formula is C29H39N3O6S. The average Bonchev–Trinajstić information content (AvgIpc) is 2.92. The smallest absolute Gasteiger partial charge is 0.326 e. The highest BCUT2D eigenvalue weighted by Gasteiger charge is 2.34. The quantitative estimate of drug-likeness (QED) is 0.324. The number of carbonyl (C=O) groups excluding carboxylic acids is 2. The summed E-state index contributed by atoms with van der Waals surface area (Å²) in [6.07, 6.45) is 3.90. The van der Waals surface area contributed by atoms with Crippen LogP contribution in [0.25, 0.3) is 0 Å². The van der Waals surface area contributed by atoms with E-state index in [2.05, 4.69) is 10.0 Å². The van der Waals surface area contributed by atoms with Gasteiger partial charge in [-0.05, 0) is 50.3 Å². The molecule has 2 aromatic rings. The van der Waals surface area contributed by atoms with E-state index < -0.39 is 34.0 Å². The maximum absolute atomic E-state index is 13.6. The second-order valence-corrected chi connectivity index (χ2v) is 11.9. The van der Waals surface area contributed by atoms with Gasteiger partial charge in [-0.3, -0.25) is 9.59 Å². The zero-order valence-corrected chi connectivity index (χ0v) is 23.5. The molecule has 10 heteroatoms. The van der Waals surface area contributed by atoms with E-state index in [1.165, 1.54) is 12.1 Å². The van der Waals surface area contributed by atoms with Crippen LogP contribution in [0.5, 0.6) is 0 Å². The molecule has 3 N–H and O–H groups in total. The predicted molar refractivity (Wildman–Crippen MR) is 148 cm³/mol. The van der Waals surface area contributed by atoms with E-state index in [1.807, 2.05) is 44.2 Å². The third-order valence-corrected chi connectivity index (χ3v) is 8.59. The zero-order chi connectivity index (χ0) is 28.4. The van der Waals surface area contributed by atoms with Crippen LogP contribution in [0.2, 0.25) is 0 Å². The number of aliphatic carboxylic acids is 1. The Bertz CT molecular complexity index is 1210. The molecule has 0 unspecified atom stereocenters. The van der Waals surface area contributed by atoms with Crippen molar-refractivity contribution in [2.75, 3.05) is 13.1 Å². The predicted octanol–water partition coefficient (Wildman–Crippen LogP) is 3.27. The number of aryl methyl sites for hydroxylation is 1. The van der Waals surface area contributed by atoms with Gasteiger partial charge in [0.2, 0.25) is 21.8 Å². The Kier molecular flexibility index (Phi) is 11.1. The van der Waals surface area contributed by atoms with Crippen molar-refractivity contribution < 1.29 is 27.9 Å². The molecule has 1 heterocycles. The highest BCUT2D eigenvalue weighted by Crippen LogP contribution is 2.21. The van der Waals surface area contributed by atoms with Gasteiger partial charge >= 0.3 is 5.97 Å². The number of sulfonamides is 1. The number of carbonyl (C=O) groups is 3. The lowest BCUT2D eigenvalue weighted by atomic mass is 9.94. The molecule has 39 heavy (non-hydrogen) atoms. The Morgan fingerprint density at radius 1 is 0.974 bits per heavy atom. The van der Waals surface area contributed by atoms with E-state index in [4.69, 9.17) is 0 Å². The first-order chi connectivity index (χ1) is 18.6. The van der Waals surface area contributed by atoms with Crippen molar-refractivity contribution in [1.82, 2.24) is 14.9 Å². The summed E-state index contributed by atoms with van der Waals surface area (Å²) in [7, 11) is -3.95. The van der Waals surface area contributed by atoms with Crippen LogP contribution >= 0.6 is 0 Å². The number of amides is 2. The Hall–Kier alpha value is -3.24. The molecule has 2 amide bonds. The first-order valence-electron chi connectivity index (χ1n) is 13.6. The van der Waals surface area contributed by atoms with Gasteiger partial charge in [0, 0.05) is 19.0 Å². The van der Waals surface area contributed by atoms with Crippen molar-refractivity contribution in [1.29, 1.82) is 0 Å². The minimum Gasteiger partial charge on any atom is -0.480 e. The molecule has 212 valence electrons. The number of carboxylic acids is 1. The lowest BCUT2D eigenvalue weighted by Crippen LogP contribution is -2.53. The number of hydrogen-bond donors (Lipinski definition) is 3. The molecule has 0 bridgehead atoms. The van der Waals surface area contributed by atoms with Gasteiger partial charge in [0.1, 0.15) is 12.1 Å². The van der Waals surface area contributed by atoms with E-state index in [9.17, 15) is 27.9 Å². The summed E-state index contributed by atoms with van der Waals surface area (Å²) < 4.78 is 28.9. The van der Waals surface area contributed by atoms with Crippen LogP contribution in [0.1, 0.15) is 56.6 Å². The van der Waals surface area contributed by atoms with E-state index >= 15 is 0 Å². The van der Waals surface area contributed by atoms with Gasteiger partial charge in [0.25, 0.3) is 0 Å². The molecule has 1 aliphatic rings. The molecule has 0 aromatic heterocycles. The van der Waals surface area contributed by atoms with E-state index in [1.54, 1.807) is 17.0 Å². The molecule has 0 spiro atoms. The number of hydrogen-bond acceptors (Lipinski definition) is 5. The van der Waals surface area contributed by atoms with E-state index in [0.29, 0.717) is 19.3 Å². The van der Waals surface area contributed by atoms with Crippen molar-refractivity contribution in [3.05, 3.63) is 65.7 Å². The summed E-state index contributed by atoms with van der Waals surface area (Å²) in [5, 5.41) is 12.1. The van der Waals surface area contributed by atoms with Crippen molar-refractivity contribution in [2.45, 2.75) is 75.8 Å². The number of nitrogens with one attached hydrogen (secondary N) is 2. The molecule has 2 atom stereocenters. The largest absolute Gasteiger partial charge is 0.480 e. The summed E-state index contributed by atoms with van der Waals surface area (Å²) in [5.41, 5.74) is 1.74. The van der Waals surface area contributed by atoms with Crippen LogP contribution in [-0.2, 0) is 30.8 Å². The summed E-state index contributed by atoms with van der Waals surface area (Å²) in [5.74, 6) is -2.11. The molecule has 3 rings (SSSR count). The third kappa shape index (κ3) is 8.90. The summed E-state index contributed by atoms with van der Waals surface area (Å²) >= 11 is 0. The molecule has 9 nitrogen and oxygen atoms in total. The second-order valence-electron chi connectivity index (χ2n) is 10.2. The van der Waals surface area contributed by atoms with Gasteiger partial charge in [-0.25, -0.2) is 13.2 Å². The SMILES string of the molecule is CCCCC[C@@H](NC(=O)C1CCN(C(=O)[C@H](Cc2ccccc2)NS(=O)(=O)c2ccc(C)cc2)CC1)C(=O)O. The van der Waals surface area contributed by atoms with Crippen LogP contribution in [0.3, 0.4) is 0 Å². The fraction of sp³-hybridized carbons (Fsp3) is 0.483. The molecular weight excluding hydrogens is 518 g/mol. The molecule has 0 radical (unpaired) electrons. The monoisotopic (exact) mass is 557 g/mol. The van der Waals surface area contributed by atoms with E-state index in [-0.39, 0.29) is 36.2 Å². The first-order valence-corrected chi connectivity index (χ1v) is 15.0. The zero-order valence-electron chi connectivity index (χ0n) is 22.6. The van der Waals surface area contributed by atoms with Gasteiger partial charge in [-0.2, -0.15) is 4.72 Å². The van der Waals surface area contributed by atoms with Crippen LogP contribution < -0.4 is 10.0 Å². The number of benzene rings is 2. The number of unbranched alkanes of at least 4 members (excludes halogenated alkanes) is 2. The minimum atomic E-state index is -3.95. The second kappa shape index (κ2) is 14.2. The lowest BCUT2D eigenvalue weighted by Gasteiger charge is -2.34. The lowest BCUT2D eigenvalue weighted by molar-refractivity contribution is -0.143. The van der Waals surface area contributed by atoms with Crippen molar-refractivity contribution >= 4 is 27.8 Å². The Balaban J connectivity index is 1.66. The number of carboxylic acid groups (broad SMARTS) is 1. The molecule has 0 saturated carbocycles. The van der Waals surface area contributed by atoms with Crippen LogP contribution in [-0.4, -0.2) is 61.4 Å². The van der Waals surface area contributed by atoms with Crippen molar-refractivity contribution in [3.8, 4) is 0 Å². The number of nitrogens with zero attached hydrogens (tertiary/aromatic N) is 1. The van der Waals surface area contributed by atoms with Gasteiger partial charge in [-0.1, -0.05) is 74.2 Å². The fourth-order valence-corrected chi connectivity index (χ4v) is 5.92.